The van der Waals surface area contributed by atoms with Gasteiger partial charge in [-0.25, -0.2) is 0 Å². The molecular formula is C18H32N2O2S. The molecule has 1 amide bonds. The second-order valence-corrected chi connectivity index (χ2v) is 8.66. The first-order chi connectivity index (χ1) is 11.1. The topological polar surface area (TPSA) is 50.7 Å². The molecule has 0 aromatic carbocycles. The third-order valence-electron chi connectivity index (χ3n) is 4.34. The minimum atomic E-state index is 0.0209. The van der Waals surface area contributed by atoms with Crippen LogP contribution in [-0.2, 0) is 9.53 Å². The molecule has 3 aliphatic rings. The molecule has 5 heteroatoms. The molecule has 2 aliphatic heterocycles. The Labute approximate surface area is 145 Å². The van der Waals surface area contributed by atoms with E-state index in [1.807, 2.05) is 0 Å². The van der Waals surface area contributed by atoms with Crippen molar-refractivity contribution in [3.63, 3.8) is 0 Å². The fraction of sp³-hybridized carbons (Fsp3) is 0.889. The summed E-state index contributed by atoms with van der Waals surface area (Å²) in [7, 11) is 0. The Bertz CT molecular complexity index is 397. The fourth-order valence-corrected chi connectivity index (χ4v) is 4.26. The zero-order valence-electron chi connectivity index (χ0n) is 14.8. The Hall–Kier alpha value is -0.550. The number of hydrogen-bond acceptors (Lipinski definition) is 4. The van der Waals surface area contributed by atoms with Gasteiger partial charge >= 0.3 is 0 Å². The van der Waals surface area contributed by atoms with Crippen molar-refractivity contribution in [1.29, 1.82) is 0 Å². The van der Waals surface area contributed by atoms with Crippen LogP contribution in [0.5, 0.6) is 0 Å². The number of hydrogen-bond donors (Lipinski definition) is 1. The van der Waals surface area contributed by atoms with Gasteiger partial charge in [-0.15, -0.1) is 0 Å². The number of amides is 1. The van der Waals surface area contributed by atoms with E-state index >= 15 is 0 Å². The van der Waals surface area contributed by atoms with Crippen LogP contribution in [0.2, 0.25) is 0 Å². The maximum Gasteiger partial charge on any atom is 0.239 e. The van der Waals surface area contributed by atoms with E-state index in [-0.39, 0.29) is 11.2 Å². The Balaban J connectivity index is 0.000000433. The van der Waals surface area contributed by atoms with E-state index in [4.69, 9.17) is 4.74 Å². The zero-order chi connectivity index (χ0) is 16.7. The van der Waals surface area contributed by atoms with Gasteiger partial charge in [-0.2, -0.15) is 0 Å². The smallest absolute Gasteiger partial charge is 0.239 e. The molecule has 1 N–H and O–H groups in total. The van der Waals surface area contributed by atoms with Gasteiger partial charge in [-0.1, -0.05) is 51.8 Å². The van der Waals surface area contributed by atoms with Crippen LogP contribution < -0.4 is 5.32 Å². The molecule has 132 valence electrons. The number of thioether (sulfide) groups is 1. The summed E-state index contributed by atoms with van der Waals surface area (Å²) in [6, 6.07) is 0. The number of nitrogens with one attached hydrogen (secondary N) is 1. The van der Waals surface area contributed by atoms with E-state index in [0.29, 0.717) is 5.92 Å². The lowest BCUT2D eigenvalue weighted by atomic mass is 9.89. The van der Waals surface area contributed by atoms with Crippen molar-refractivity contribution in [2.45, 2.75) is 64.5 Å². The molecule has 0 spiro atoms. The second kappa shape index (κ2) is 9.67. The lowest BCUT2D eigenvalue weighted by molar-refractivity contribution is -0.119. The highest BCUT2D eigenvalue weighted by Gasteiger charge is 2.38. The third kappa shape index (κ3) is 6.46. The Kier molecular flexibility index (Phi) is 7.90. The van der Waals surface area contributed by atoms with Crippen molar-refractivity contribution >= 4 is 22.8 Å². The van der Waals surface area contributed by atoms with Crippen molar-refractivity contribution in [2.24, 2.45) is 22.7 Å². The standard InChI is InChI=1S/C14H22N2O2S.C4H10/c17-13-12(11-6-7-18-9-11)19-14(16-13)15-8-10-4-2-1-3-5-10;1-4(2)3/h10-12H,1-9H2,(H,15,16,17);4H,1-3H3. The molecule has 2 saturated heterocycles. The summed E-state index contributed by atoms with van der Waals surface area (Å²) < 4.78 is 5.38. The van der Waals surface area contributed by atoms with E-state index in [1.165, 1.54) is 32.1 Å². The molecule has 2 atom stereocenters. The molecule has 2 heterocycles. The van der Waals surface area contributed by atoms with Gasteiger partial charge in [0.15, 0.2) is 5.17 Å². The average Bonchev–Trinajstić information content (AvgIpc) is 3.15. The van der Waals surface area contributed by atoms with Crippen LogP contribution in [0.3, 0.4) is 0 Å². The minimum absolute atomic E-state index is 0.0209. The third-order valence-corrected chi connectivity index (χ3v) is 5.65. The van der Waals surface area contributed by atoms with Gasteiger partial charge in [0, 0.05) is 19.1 Å². The Morgan fingerprint density at radius 2 is 1.91 bits per heavy atom. The van der Waals surface area contributed by atoms with Gasteiger partial charge in [-0.3, -0.25) is 9.79 Å². The number of amidine groups is 1. The van der Waals surface area contributed by atoms with Gasteiger partial charge < -0.3 is 10.1 Å². The first-order valence-corrected chi connectivity index (χ1v) is 10.0. The molecule has 23 heavy (non-hydrogen) atoms. The predicted molar refractivity (Wildman–Crippen MR) is 97.8 cm³/mol. The number of nitrogens with zero attached hydrogens (tertiary/aromatic N) is 1. The lowest BCUT2D eigenvalue weighted by Gasteiger charge is -2.19. The van der Waals surface area contributed by atoms with Gasteiger partial charge in [0.25, 0.3) is 0 Å². The fourth-order valence-electron chi connectivity index (χ4n) is 3.14. The number of carbonyl (C=O) groups excluding carboxylic acids is 1. The second-order valence-electron chi connectivity index (χ2n) is 7.53. The van der Waals surface area contributed by atoms with E-state index in [0.717, 1.165) is 43.2 Å². The van der Waals surface area contributed by atoms with Gasteiger partial charge in [0.2, 0.25) is 5.91 Å². The molecule has 3 rings (SSSR count). The molecule has 1 saturated carbocycles. The lowest BCUT2D eigenvalue weighted by Crippen LogP contribution is -2.30. The molecule has 0 aromatic rings. The molecule has 1 aliphatic carbocycles. The van der Waals surface area contributed by atoms with E-state index in [9.17, 15) is 4.79 Å². The average molecular weight is 341 g/mol. The first-order valence-electron chi connectivity index (χ1n) is 9.16. The molecule has 0 radical (unpaired) electrons. The van der Waals surface area contributed by atoms with Gasteiger partial charge in [0.05, 0.1) is 11.9 Å². The monoisotopic (exact) mass is 340 g/mol. The first kappa shape index (κ1) is 18.8. The van der Waals surface area contributed by atoms with Crippen molar-refractivity contribution in [2.75, 3.05) is 19.8 Å². The molecule has 0 bridgehead atoms. The highest BCUT2D eigenvalue weighted by molar-refractivity contribution is 8.15. The van der Waals surface area contributed by atoms with Crippen molar-refractivity contribution < 1.29 is 9.53 Å². The zero-order valence-corrected chi connectivity index (χ0v) is 15.7. The van der Waals surface area contributed by atoms with Crippen LogP contribution in [0, 0.1) is 17.8 Å². The quantitative estimate of drug-likeness (QED) is 0.849. The number of carbonyl (C=O) groups is 1. The summed E-state index contributed by atoms with van der Waals surface area (Å²) in [6.45, 7) is 8.90. The Morgan fingerprint density at radius 3 is 2.52 bits per heavy atom. The van der Waals surface area contributed by atoms with Crippen LogP contribution in [0.15, 0.2) is 4.99 Å². The predicted octanol–water partition coefficient (Wildman–Crippen LogP) is 3.85. The molecule has 3 fully saturated rings. The Morgan fingerprint density at radius 1 is 1.22 bits per heavy atom. The van der Waals surface area contributed by atoms with Crippen LogP contribution in [0.1, 0.15) is 59.3 Å². The SMILES string of the molecule is CC(C)C.O=C1NC(=NCC2CCCCC2)SC1C1CCOC1. The molecule has 0 aromatic heterocycles. The number of ether oxygens (including phenoxy) is 1. The van der Waals surface area contributed by atoms with Crippen molar-refractivity contribution in [3.05, 3.63) is 0 Å². The van der Waals surface area contributed by atoms with Crippen LogP contribution in [-0.4, -0.2) is 36.1 Å². The molecule has 4 nitrogen and oxygen atoms in total. The number of rotatable bonds is 3. The molecular weight excluding hydrogens is 308 g/mol. The van der Waals surface area contributed by atoms with Crippen molar-refractivity contribution in [3.8, 4) is 0 Å². The summed E-state index contributed by atoms with van der Waals surface area (Å²) in [6.07, 6.45) is 7.67. The summed E-state index contributed by atoms with van der Waals surface area (Å²) >= 11 is 1.61. The van der Waals surface area contributed by atoms with Crippen LogP contribution in [0.4, 0.5) is 0 Å². The van der Waals surface area contributed by atoms with Gasteiger partial charge in [-0.05, 0) is 31.1 Å². The van der Waals surface area contributed by atoms with Crippen molar-refractivity contribution in [1.82, 2.24) is 5.32 Å². The van der Waals surface area contributed by atoms with E-state index in [1.54, 1.807) is 11.8 Å². The summed E-state index contributed by atoms with van der Waals surface area (Å²) in [4.78, 5) is 16.6. The van der Waals surface area contributed by atoms with Gasteiger partial charge in [0.1, 0.15) is 0 Å². The summed E-state index contributed by atoms with van der Waals surface area (Å²) in [5.74, 6) is 2.06. The maximum absolute atomic E-state index is 12.0. The highest BCUT2D eigenvalue weighted by Crippen LogP contribution is 2.31. The summed E-state index contributed by atoms with van der Waals surface area (Å²) in [5, 5.41) is 3.80. The normalized spacial score (nSPS) is 30.4. The van der Waals surface area contributed by atoms with Crippen LogP contribution >= 0.6 is 11.8 Å². The van der Waals surface area contributed by atoms with E-state index < -0.39 is 0 Å². The molecule has 2 unspecified atom stereocenters. The largest absolute Gasteiger partial charge is 0.381 e. The maximum atomic E-state index is 12.0. The van der Waals surface area contributed by atoms with E-state index in [2.05, 4.69) is 31.1 Å². The summed E-state index contributed by atoms with van der Waals surface area (Å²) in [5.41, 5.74) is 0. The number of aliphatic imine (C=N–C) groups is 1. The minimum Gasteiger partial charge on any atom is -0.381 e. The highest BCUT2D eigenvalue weighted by atomic mass is 32.2. The van der Waals surface area contributed by atoms with Crippen LogP contribution in [0.25, 0.3) is 0 Å².